The van der Waals surface area contributed by atoms with Gasteiger partial charge in [0.2, 0.25) is 0 Å². The molecule has 0 bridgehead atoms. The Labute approximate surface area is 116 Å². The molecule has 5 nitrogen and oxygen atoms in total. The van der Waals surface area contributed by atoms with Crippen LogP contribution in [0.25, 0.3) is 16.7 Å². The molecule has 2 aromatic heterocycles. The molecule has 0 unspecified atom stereocenters. The van der Waals surface area contributed by atoms with Crippen molar-refractivity contribution in [1.29, 1.82) is 0 Å². The van der Waals surface area contributed by atoms with Crippen molar-refractivity contribution in [2.75, 3.05) is 0 Å². The fraction of sp³-hybridized carbons (Fsp3) is 0. The van der Waals surface area contributed by atoms with Gasteiger partial charge in [0.25, 0.3) is 0 Å². The number of hydrogen-bond acceptors (Lipinski definition) is 3. The molecule has 0 aliphatic rings. The maximum absolute atomic E-state index is 11.2. The summed E-state index contributed by atoms with van der Waals surface area (Å²) in [5.74, 6) is -1.06. The van der Waals surface area contributed by atoms with Crippen LogP contribution in [-0.2, 0) is 0 Å². The molecule has 0 amide bonds. The van der Waals surface area contributed by atoms with Crippen LogP contribution < -0.4 is 0 Å². The van der Waals surface area contributed by atoms with E-state index in [1.807, 2.05) is 24.3 Å². The van der Waals surface area contributed by atoms with E-state index in [0.29, 0.717) is 11.0 Å². The van der Waals surface area contributed by atoms with E-state index >= 15 is 0 Å². The number of carboxylic acid groups (broad SMARTS) is 1. The first-order valence-electron chi connectivity index (χ1n) is 5.50. The quantitative estimate of drug-likeness (QED) is 0.789. The van der Waals surface area contributed by atoms with Crippen LogP contribution in [0, 0.1) is 0 Å². The number of halogens is 1. The van der Waals surface area contributed by atoms with Crippen LogP contribution >= 0.6 is 15.9 Å². The zero-order chi connectivity index (χ0) is 13.4. The normalized spacial score (nSPS) is 10.8. The summed E-state index contributed by atoms with van der Waals surface area (Å²) >= 11 is 3.38. The van der Waals surface area contributed by atoms with Crippen LogP contribution in [0.4, 0.5) is 0 Å². The van der Waals surface area contributed by atoms with Gasteiger partial charge in [0.05, 0.1) is 11.1 Å². The molecule has 0 saturated carbocycles. The van der Waals surface area contributed by atoms with E-state index in [9.17, 15) is 9.90 Å². The molecule has 0 radical (unpaired) electrons. The van der Waals surface area contributed by atoms with Gasteiger partial charge < -0.3 is 5.11 Å². The third-order valence-electron chi connectivity index (χ3n) is 2.70. The number of aromatic carboxylic acids is 1. The lowest BCUT2D eigenvalue weighted by Gasteiger charge is -2.02. The average Bonchev–Trinajstić information content (AvgIpc) is 2.78. The molecule has 2 heterocycles. The van der Waals surface area contributed by atoms with Crippen LogP contribution in [0.2, 0.25) is 0 Å². The molecule has 0 fully saturated rings. The minimum atomic E-state index is -1.06. The van der Waals surface area contributed by atoms with E-state index in [0.717, 1.165) is 10.2 Å². The van der Waals surface area contributed by atoms with Gasteiger partial charge >= 0.3 is 5.97 Å². The van der Waals surface area contributed by atoms with Gasteiger partial charge in [0.1, 0.15) is 0 Å². The molecule has 1 aromatic carbocycles. The van der Waals surface area contributed by atoms with Gasteiger partial charge in [-0.1, -0.05) is 22.0 Å². The zero-order valence-corrected chi connectivity index (χ0v) is 11.2. The average molecular weight is 318 g/mol. The van der Waals surface area contributed by atoms with Crippen LogP contribution in [0.5, 0.6) is 0 Å². The van der Waals surface area contributed by atoms with Gasteiger partial charge in [0.15, 0.2) is 11.3 Å². The Bertz CT molecular complexity index is 782. The smallest absolute Gasteiger partial charge is 0.357 e. The standard InChI is InChI=1S/C13H8BrN3O2/c14-8-3-1-4-9(7-8)17-12-10(5-2-6-15-12)11(16-17)13(18)19/h1-7H,(H,18,19). The number of benzene rings is 1. The highest BCUT2D eigenvalue weighted by Gasteiger charge is 2.17. The Morgan fingerprint density at radius 2 is 2.11 bits per heavy atom. The lowest BCUT2D eigenvalue weighted by molar-refractivity contribution is 0.0692. The molecule has 3 aromatic rings. The summed E-state index contributed by atoms with van der Waals surface area (Å²) in [5.41, 5.74) is 1.28. The van der Waals surface area contributed by atoms with Crippen molar-refractivity contribution in [2.45, 2.75) is 0 Å². The number of pyridine rings is 1. The number of carboxylic acids is 1. The van der Waals surface area contributed by atoms with E-state index in [-0.39, 0.29) is 5.69 Å². The largest absolute Gasteiger partial charge is 0.476 e. The van der Waals surface area contributed by atoms with Crippen molar-refractivity contribution in [3.63, 3.8) is 0 Å². The van der Waals surface area contributed by atoms with Crippen molar-refractivity contribution < 1.29 is 9.90 Å². The summed E-state index contributed by atoms with van der Waals surface area (Å²) in [6.45, 7) is 0. The summed E-state index contributed by atoms with van der Waals surface area (Å²) in [4.78, 5) is 15.4. The molecule has 0 saturated heterocycles. The van der Waals surface area contributed by atoms with E-state index < -0.39 is 5.97 Å². The first-order valence-corrected chi connectivity index (χ1v) is 6.29. The molecule has 0 aliphatic carbocycles. The highest BCUT2D eigenvalue weighted by molar-refractivity contribution is 9.10. The second-order valence-corrected chi connectivity index (χ2v) is 4.84. The van der Waals surface area contributed by atoms with Gasteiger partial charge in [-0.05, 0) is 30.3 Å². The first-order chi connectivity index (χ1) is 9.16. The van der Waals surface area contributed by atoms with Crippen molar-refractivity contribution in [2.24, 2.45) is 0 Å². The van der Waals surface area contributed by atoms with E-state index in [1.165, 1.54) is 4.68 Å². The van der Waals surface area contributed by atoms with Crippen LogP contribution in [0.3, 0.4) is 0 Å². The van der Waals surface area contributed by atoms with Gasteiger partial charge in [-0.2, -0.15) is 5.10 Å². The number of hydrogen-bond donors (Lipinski definition) is 1. The summed E-state index contributed by atoms with van der Waals surface area (Å²) in [7, 11) is 0. The van der Waals surface area contributed by atoms with Crippen LogP contribution in [-0.4, -0.2) is 25.8 Å². The Hall–Kier alpha value is -2.21. The Morgan fingerprint density at radius 3 is 2.84 bits per heavy atom. The summed E-state index contributed by atoms with van der Waals surface area (Å²) in [6, 6.07) is 10.8. The fourth-order valence-corrected chi connectivity index (χ4v) is 2.28. The third kappa shape index (κ3) is 2.00. The summed E-state index contributed by atoms with van der Waals surface area (Å²) in [5, 5.41) is 13.8. The van der Waals surface area contributed by atoms with Gasteiger partial charge in [-0.3, -0.25) is 0 Å². The SMILES string of the molecule is O=C(O)c1nn(-c2cccc(Br)c2)c2ncccc12. The third-order valence-corrected chi connectivity index (χ3v) is 3.19. The summed E-state index contributed by atoms with van der Waals surface area (Å²) < 4.78 is 2.42. The first kappa shape index (κ1) is 11.9. The molecule has 0 aliphatic heterocycles. The molecule has 3 rings (SSSR count). The Balaban J connectivity index is 2.33. The molecular formula is C13H8BrN3O2. The van der Waals surface area contributed by atoms with Crippen molar-refractivity contribution in [3.05, 3.63) is 52.8 Å². The molecule has 0 spiro atoms. The Kier molecular flexibility index (Phi) is 2.79. The fourth-order valence-electron chi connectivity index (χ4n) is 1.90. The van der Waals surface area contributed by atoms with Crippen molar-refractivity contribution in [3.8, 4) is 5.69 Å². The number of carbonyl (C=O) groups is 1. The number of aromatic nitrogens is 3. The monoisotopic (exact) mass is 317 g/mol. The maximum Gasteiger partial charge on any atom is 0.357 e. The maximum atomic E-state index is 11.2. The van der Waals surface area contributed by atoms with Gasteiger partial charge in [0, 0.05) is 10.7 Å². The van der Waals surface area contributed by atoms with E-state index in [1.54, 1.807) is 18.3 Å². The van der Waals surface area contributed by atoms with E-state index in [2.05, 4.69) is 26.0 Å². The van der Waals surface area contributed by atoms with Crippen LogP contribution in [0.1, 0.15) is 10.5 Å². The van der Waals surface area contributed by atoms with Crippen molar-refractivity contribution in [1.82, 2.24) is 14.8 Å². The predicted molar refractivity (Wildman–Crippen MR) is 73.5 cm³/mol. The highest BCUT2D eigenvalue weighted by Crippen LogP contribution is 2.22. The molecule has 1 N–H and O–H groups in total. The molecule has 94 valence electrons. The second-order valence-electron chi connectivity index (χ2n) is 3.92. The Morgan fingerprint density at radius 1 is 1.26 bits per heavy atom. The molecule has 6 heteroatoms. The second kappa shape index (κ2) is 4.47. The lowest BCUT2D eigenvalue weighted by atomic mass is 10.2. The number of nitrogens with zero attached hydrogens (tertiary/aromatic N) is 3. The topological polar surface area (TPSA) is 68.0 Å². The van der Waals surface area contributed by atoms with Gasteiger partial charge in [-0.15, -0.1) is 0 Å². The van der Waals surface area contributed by atoms with Crippen LogP contribution in [0.15, 0.2) is 47.1 Å². The molecule has 0 atom stereocenters. The van der Waals surface area contributed by atoms with Gasteiger partial charge in [-0.25, -0.2) is 14.5 Å². The number of rotatable bonds is 2. The van der Waals surface area contributed by atoms with E-state index in [4.69, 9.17) is 0 Å². The summed E-state index contributed by atoms with van der Waals surface area (Å²) in [6.07, 6.45) is 1.62. The predicted octanol–water partition coefficient (Wildman–Crippen LogP) is 2.88. The molecular weight excluding hydrogens is 310 g/mol. The molecule has 19 heavy (non-hydrogen) atoms. The minimum Gasteiger partial charge on any atom is -0.476 e. The lowest BCUT2D eigenvalue weighted by Crippen LogP contribution is -2.01. The zero-order valence-electron chi connectivity index (χ0n) is 9.62. The highest BCUT2D eigenvalue weighted by atomic mass is 79.9. The van der Waals surface area contributed by atoms with Crippen molar-refractivity contribution >= 4 is 32.9 Å². The number of fused-ring (bicyclic) bond motifs is 1. The minimum absolute atomic E-state index is 0.00285.